The molecule has 0 saturated carbocycles. The van der Waals surface area contributed by atoms with Gasteiger partial charge in [-0.05, 0) is 69.5 Å². The zero-order chi connectivity index (χ0) is 28.2. The quantitative estimate of drug-likeness (QED) is 0.191. The minimum Gasteiger partial charge on any atom is -0.368 e. The van der Waals surface area contributed by atoms with Crippen LogP contribution in [0.4, 0.5) is 11.5 Å². The Morgan fingerprint density at radius 2 is 1.62 bits per heavy atom. The molecule has 8 heteroatoms. The number of anilines is 2. The van der Waals surface area contributed by atoms with Crippen molar-refractivity contribution in [1.29, 1.82) is 0 Å². The van der Waals surface area contributed by atoms with Crippen LogP contribution in [0.3, 0.4) is 0 Å². The maximum absolute atomic E-state index is 5.05. The number of halogens is 1. The number of piperazine rings is 1. The summed E-state index contributed by atoms with van der Waals surface area (Å²) < 4.78 is 2.12. The van der Waals surface area contributed by atoms with Crippen molar-refractivity contribution in [3.05, 3.63) is 96.3 Å². The van der Waals surface area contributed by atoms with Gasteiger partial charge in [0.05, 0.1) is 0 Å². The third-order valence-electron chi connectivity index (χ3n) is 8.34. The number of nitrogens with one attached hydrogen (secondary N) is 1. The standard InChI is InChI=1S/C34H39N7.ClH/c1-25-13-12-18-30(27(25)3)40-22-21-39(26(2)23-40)20-11-10-19-35-32-31-34(37-24-36-32)41(29-16-8-5-9-17-29)33(38-31)28-14-6-4-7-15-28;/h4-9,12-18,24,26H,10-11,19-23H2,1-3H3,(H,35,36,37);1H/t26-;/m1./s1. The smallest absolute Gasteiger partial charge is 0.170 e. The predicted molar refractivity (Wildman–Crippen MR) is 176 cm³/mol. The second-order valence-electron chi connectivity index (χ2n) is 11.1. The first-order valence-corrected chi connectivity index (χ1v) is 14.7. The largest absolute Gasteiger partial charge is 0.368 e. The van der Waals surface area contributed by atoms with Crippen LogP contribution < -0.4 is 10.2 Å². The van der Waals surface area contributed by atoms with E-state index in [1.54, 1.807) is 6.33 Å². The first-order chi connectivity index (χ1) is 20.1. The van der Waals surface area contributed by atoms with E-state index in [1.165, 1.54) is 16.8 Å². The van der Waals surface area contributed by atoms with Crippen molar-refractivity contribution in [2.75, 3.05) is 42.9 Å². The van der Waals surface area contributed by atoms with Crippen LogP contribution in [0.2, 0.25) is 0 Å². The molecular formula is C34H40ClN7. The number of nitrogens with zero attached hydrogens (tertiary/aromatic N) is 6. The lowest BCUT2D eigenvalue weighted by molar-refractivity contribution is 0.186. The molecule has 6 rings (SSSR count). The molecule has 3 heterocycles. The van der Waals surface area contributed by atoms with Crippen LogP contribution in [-0.2, 0) is 0 Å². The van der Waals surface area contributed by atoms with Gasteiger partial charge in [-0.25, -0.2) is 15.0 Å². The Balaban J connectivity index is 0.00000353. The van der Waals surface area contributed by atoms with E-state index < -0.39 is 0 Å². The van der Waals surface area contributed by atoms with Gasteiger partial charge in [-0.1, -0.05) is 60.7 Å². The van der Waals surface area contributed by atoms with Gasteiger partial charge in [0.2, 0.25) is 0 Å². The van der Waals surface area contributed by atoms with Crippen LogP contribution in [0.25, 0.3) is 28.2 Å². The van der Waals surface area contributed by atoms with Crippen LogP contribution in [0.15, 0.2) is 85.2 Å². The fourth-order valence-electron chi connectivity index (χ4n) is 5.90. The minimum absolute atomic E-state index is 0. The first kappa shape index (κ1) is 29.5. The van der Waals surface area contributed by atoms with Crippen molar-refractivity contribution in [3.8, 4) is 17.1 Å². The number of imidazole rings is 1. The van der Waals surface area contributed by atoms with Gasteiger partial charge >= 0.3 is 0 Å². The number of hydrogen-bond donors (Lipinski definition) is 1. The van der Waals surface area contributed by atoms with Crippen LogP contribution in [0.5, 0.6) is 0 Å². The average Bonchev–Trinajstić information content (AvgIpc) is 3.40. The molecule has 7 nitrogen and oxygen atoms in total. The molecule has 1 atom stereocenters. The third-order valence-corrected chi connectivity index (χ3v) is 8.34. The zero-order valence-corrected chi connectivity index (χ0v) is 25.5. The number of benzene rings is 3. The predicted octanol–water partition coefficient (Wildman–Crippen LogP) is 6.92. The van der Waals surface area contributed by atoms with Crippen LogP contribution in [-0.4, -0.2) is 63.2 Å². The van der Waals surface area contributed by atoms with Crippen molar-refractivity contribution < 1.29 is 0 Å². The van der Waals surface area contributed by atoms with Gasteiger partial charge in [-0.2, -0.15) is 0 Å². The summed E-state index contributed by atoms with van der Waals surface area (Å²) in [4.78, 5) is 19.5. The van der Waals surface area contributed by atoms with E-state index in [0.717, 1.165) is 79.6 Å². The maximum Gasteiger partial charge on any atom is 0.170 e. The molecule has 1 aliphatic heterocycles. The molecule has 0 amide bonds. The lowest BCUT2D eigenvalue weighted by Crippen LogP contribution is -2.52. The van der Waals surface area contributed by atoms with E-state index in [-0.39, 0.29) is 12.4 Å². The molecule has 5 aromatic rings. The van der Waals surface area contributed by atoms with Gasteiger partial charge in [-0.15, -0.1) is 12.4 Å². The summed E-state index contributed by atoms with van der Waals surface area (Å²) in [5.74, 6) is 1.65. The average molecular weight is 582 g/mol. The number of hydrogen-bond acceptors (Lipinski definition) is 6. The second kappa shape index (κ2) is 13.4. The molecular weight excluding hydrogens is 542 g/mol. The highest BCUT2D eigenvalue weighted by atomic mass is 35.5. The molecule has 2 aromatic heterocycles. The first-order valence-electron chi connectivity index (χ1n) is 14.7. The fourth-order valence-corrected chi connectivity index (χ4v) is 5.90. The summed E-state index contributed by atoms with van der Waals surface area (Å²) in [7, 11) is 0. The Kier molecular flexibility index (Phi) is 9.40. The Bertz CT molecular complexity index is 1600. The molecule has 0 radical (unpaired) electrons. The van der Waals surface area contributed by atoms with Gasteiger partial charge in [0.15, 0.2) is 17.0 Å². The highest BCUT2D eigenvalue weighted by molar-refractivity contribution is 5.88. The summed E-state index contributed by atoms with van der Waals surface area (Å²) >= 11 is 0. The summed E-state index contributed by atoms with van der Waals surface area (Å²) in [5.41, 5.74) is 7.85. The van der Waals surface area contributed by atoms with E-state index >= 15 is 0 Å². The highest BCUT2D eigenvalue weighted by Crippen LogP contribution is 2.30. The van der Waals surface area contributed by atoms with Crippen LogP contribution in [0, 0.1) is 13.8 Å². The topological polar surface area (TPSA) is 62.1 Å². The molecule has 218 valence electrons. The number of para-hydroxylation sites is 1. The summed E-state index contributed by atoms with van der Waals surface area (Å²) in [6.07, 6.45) is 3.85. The molecule has 42 heavy (non-hydrogen) atoms. The lowest BCUT2D eigenvalue weighted by atomic mass is 10.1. The van der Waals surface area contributed by atoms with E-state index in [1.807, 2.05) is 36.4 Å². The van der Waals surface area contributed by atoms with E-state index in [2.05, 4.69) is 92.9 Å². The van der Waals surface area contributed by atoms with Gasteiger partial charge in [0.25, 0.3) is 0 Å². The van der Waals surface area contributed by atoms with Gasteiger partial charge in [0, 0.05) is 49.2 Å². The molecule has 0 spiro atoms. The molecule has 0 unspecified atom stereocenters. The van der Waals surface area contributed by atoms with Crippen LogP contribution in [0.1, 0.15) is 30.9 Å². The molecule has 1 saturated heterocycles. The second-order valence-corrected chi connectivity index (χ2v) is 11.1. The Hall–Kier alpha value is -3.94. The van der Waals surface area contributed by atoms with Crippen molar-refractivity contribution in [1.82, 2.24) is 24.4 Å². The van der Waals surface area contributed by atoms with Crippen LogP contribution >= 0.6 is 12.4 Å². The van der Waals surface area contributed by atoms with Crippen molar-refractivity contribution in [3.63, 3.8) is 0 Å². The Morgan fingerprint density at radius 1 is 0.857 bits per heavy atom. The van der Waals surface area contributed by atoms with Crippen molar-refractivity contribution in [2.45, 2.75) is 39.7 Å². The molecule has 1 fully saturated rings. The molecule has 1 N–H and O–H groups in total. The van der Waals surface area contributed by atoms with Crippen molar-refractivity contribution in [2.24, 2.45) is 0 Å². The Labute approximate surface area is 255 Å². The minimum atomic E-state index is 0. The third kappa shape index (κ3) is 6.13. The normalized spacial score (nSPS) is 15.5. The number of aryl methyl sites for hydroxylation is 1. The number of rotatable bonds is 9. The van der Waals surface area contributed by atoms with E-state index in [0.29, 0.717) is 6.04 Å². The van der Waals surface area contributed by atoms with Gasteiger partial charge in [0.1, 0.15) is 12.2 Å². The Morgan fingerprint density at radius 3 is 2.38 bits per heavy atom. The van der Waals surface area contributed by atoms with Gasteiger partial charge < -0.3 is 10.2 Å². The fraction of sp³-hybridized carbons (Fsp3) is 0.324. The SMILES string of the molecule is Cc1cccc(N2CCN(CCCCNc3ncnc4c3nc(-c3ccccc3)n4-c3ccccc3)[C@H](C)C2)c1C.Cl. The number of unbranched alkanes of at least 4 members (excludes halogenated alkanes) is 1. The van der Waals surface area contributed by atoms with E-state index in [4.69, 9.17) is 4.98 Å². The molecule has 1 aliphatic rings. The van der Waals surface area contributed by atoms with Gasteiger partial charge in [-0.3, -0.25) is 9.47 Å². The molecule has 3 aromatic carbocycles. The van der Waals surface area contributed by atoms with Crippen molar-refractivity contribution >= 4 is 35.1 Å². The highest BCUT2D eigenvalue weighted by Gasteiger charge is 2.24. The number of fused-ring (bicyclic) bond motifs is 1. The maximum atomic E-state index is 5.05. The van der Waals surface area contributed by atoms with E-state index in [9.17, 15) is 0 Å². The summed E-state index contributed by atoms with van der Waals surface area (Å²) in [6.45, 7) is 12.0. The summed E-state index contributed by atoms with van der Waals surface area (Å²) in [5, 5.41) is 3.57. The lowest BCUT2D eigenvalue weighted by Gasteiger charge is -2.41. The summed E-state index contributed by atoms with van der Waals surface area (Å²) in [6, 6.07) is 27.8. The molecule has 0 bridgehead atoms. The molecule has 0 aliphatic carbocycles. The zero-order valence-electron chi connectivity index (χ0n) is 24.7. The number of aromatic nitrogens is 4. The monoisotopic (exact) mass is 581 g/mol.